The van der Waals surface area contributed by atoms with Crippen molar-refractivity contribution in [2.45, 2.75) is 19.4 Å². The first kappa shape index (κ1) is 10.1. The van der Waals surface area contributed by atoms with E-state index >= 15 is 0 Å². The Balaban J connectivity index is 1.80. The molecule has 3 nitrogen and oxygen atoms in total. The van der Waals surface area contributed by atoms with Crippen LogP contribution in [0.1, 0.15) is 24.4 Å². The minimum absolute atomic E-state index is 0.454. The molecule has 1 aliphatic heterocycles. The molecule has 1 saturated heterocycles. The smallest absolute Gasteiger partial charge is 0.109 e. The zero-order valence-electron chi connectivity index (χ0n) is 8.49. The number of hydrogen-bond donors (Lipinski definition) is 2. The van der Waals surface area contributed by atoms with E-state index in [1.807, 2.05) is 11.6 Å². The van der Waals surface area contributed by atoms with Gasteiger partial charge in [0.25, 0.3) is 0 Å². The molecule has 0 radical (unpaired) electrons. The summed E-state index contributed by atoms with van der Waals surface area (Å²) in [6.45, 7) is 5.66. The van der Waals surface area contributed by atoms with E-state index in [2.05, 4.69) is 22.5 Å². The maximum absolute atomic E-state index is 4.35. The molecular formula is C10H17N3S. The maximum Gasteiger partial charge on any atom is 0.109 e. The number of aromatic nitrogens is 1. The molecule has 2 heterocycles. The first-order chi connectivity index (χ1) is 6.90. The highest BCUT2D eigenvalue weighted by Gasteiger charge is 2.18. The average molecular weight is 211 g/mol. The first-order valence-electron chi connectivity index (χ1n) is 5.23. The van der Waals surface area contributed by atoms with Crippen LogP contribution >= 0.6 is 11.3 Å². The van der Waals surface area contributed by atoms with E-state index in [-0.39, 0.29) is 0 Å². The Morgan fingerprint density at radius 3 is 3.07 bits per heavy atom. The summed E-state index contributed by atoms with van der Waals surface area (Å²) in [5, 5.41) is 10.1. The van der Waals surface area contributed by atoms with Crippen molar-refractivity contribution in [3.05, 3.63) is 16.6 Å². The molecule has 0 aromatic carbocycles. The second-order valence-corrected chi connectivity index (χ2v) is 4.69. The average Bonchev–Trinajstić information content (AvgIpc) is 2.62. The van der Waals surface area contributed by atoms with E-state index in [4.69, 9.17) is 0 Å². The molecule has 1 unspecified atom stereocenters. The monoisotopic (exact) mass is 211 g/mol. The Labute approximate surface area is 88.9 Å². The van der Waals surface area contributed by atoms with Crippen LogP contribution in [0.4, 0.5) is 0 Å². The normalized spacial score (nSPS) is 19.2. The SMILES string of the molecule is CCC(NCC1CNC1)c1nccs1. The van der Waals surface area contributed by atoms with E-state index in [0.29, 0.717) is 6.04 Å². The van der Waals surface area contributed by atoms with Crippen LogP contribution in [0.2, 0.25) is 0 Å². The highest BCUT2D eigenvalue weighted by Crippen LogP contribution is 2.19. The van der Waals surface area contributed by atoms with Crippen molar-refractivity contribution in [3.8, 4) is 0 Å². The van der Waals surface area contributed by atoms with Crippen molar-refractivity contribution in [1.29, 1.82) is 0 Å². The van der Waals surface area contributed by atoms with Gasteiger partial charge in [-0.05, 0) is 12.3 Å². The zero-order chi connectivity index (χ0) is 9.80. The molecule has 0 saturated carbocycles. The molecule has 1 aliphatic rings. The van der Waals surface area contributed by atoms with E-state index in [1.54, 1.807) is 11.3 Å². The molecule has 0 bridgehead atoms. The van der Waals surface area contributed by atoms with Crippen molar-refractivity contribution < 1.29 is 0 Å². The van der Waals surface area contributed by atoms with Gasteiger partial charge >= 0.3 is 0 Å². The summed E-state index contributed by atoms with van der Waals surface area (Å²) in [7, 11) is 0. The Hall–Kier alpha value is -0.450. The Kier molecular flexibility index (Phi) is 3.50. The molecule has 1 aromatic rings. The van der Waals surface area contributed by atoms with Gasteiger partial charge in [-0.25, -0.2) is 4.98 Å². The minimum Gasteiger partial charge on any atom is -0.316 e. The lowest BCUT2D eigenvalue weighted by Crippen LogP contribution is -2.47. The Bertz CT molecular complexity index is 256. The molecule has 0 amide bonds. The molecule has 14 heavy (non-hydrogen) atoms. The lowest BCUT2D eigenvalue weighted by Gasteiger charge is -2.28. The van der Waals surface area contributed by atoms with Crippen molar-refractivity contribution in [3.63, 3.8) is 0 Å². The molecule has 0 aliphatic carbocycles. The fourth-order valence-corrected chi connectivity index (χ4v) is 2.41. The number of hydrogen-bond acceptors (Lipinski definition) is 4. The van der Waals surface area contributed by atoms with Crippen molar-refractivity contribution in [2.75, 3.05) is 19.6 Å². The predicted octanol–water partition coefficient (Wildman–Crippen LogP) is 1.40. The van der Waals surface area contributed by atoms with Gasteiger partial charge in [-0.3, -0.25) is 0 Å². The first-order valence-corrected chi connectivity index (χ1v) is 6.11. The fraction of sp³-hybridized carbons (Fsp3) is 0.700. The summed E-state index contributed by atoms with van der Waals surface area (Å²) >= 11 is 1.74. The molecule has 78 valence electrons. The van der Waals surface area contributed by atoms with E-state index in [0.717, 1.165) is 18.9 Å². The summed E-state index contributed by atoms with van der Waals surface area (Å²) in [6, 6.07) is 0.454. The van der Waals surface area contributed by atoms with Gasteiger partial charge in [-0.1, -0.05) is 6.92 Å². The summed E-state index contributed by atoms with van der Waals surface area (Å²) in [4.78, 5) is 4.35. The van der Waals surface area contributed by atoms with Crippen molar-refractivity contribution in [2.24, 2.45) is 5.92 Å². The van der Waals surface area contributed by atoms with Gasteiger partial charge in [-0.2, -0.15) is 0 Å². The summed E-state index contributed by atoms with van der Waals surface area (Å²) in [6.07, 6.45) is 3.00. The van der Waals surface area contributed by atoms with Crippen LogP contribution in [0.15, 0.2) is 11.6 Å². The molecule has 4 heteroatoms. The molecule has 1 aromatic heterocycles. The quantitative estimate of drug-likeness (QED) is 0.773. The van der Waals surface area contributed by atoms with Gasteiger partial charge in [0.1, 0.15) is 5.01 Å². The standard InChI is InChI=1S/C10H17N3S/c1-2-9(10-12-3-4-14-10)13-7-8-5-11-6-8/h3-4,8-9,11,13H,2,5-7H2,1H3. The third-order valence-electron chi connectivity index (χ3n) is 2.68. The Morgan fingerprint density at radius 2 is 2.57 bits per heavy atom. The second kappa shape index (κ2) is 4.87. The van der Waals surface area contributed by atoms with Crippen LogP contribution in [0.25, 0.3) is 0 Å². The number of rotatable bonds is 5. The highest BCUT2D eigenvalue weighted by molar-refractivity contribution is 7.09. The second-order valence-electron chi connectivity index (χ2n) is 3.76. The van der Waals surface area contributed by atoms with E-state index < -0.39 is 0 Å². The van der Waals surface area contributed by atoms with Gasteiger partial charge in [-0.15, -0.1) is 11.3 Å². The number of nitrogens with one attached hydrogen (secondary N) is 2. The lowest BCUT2D eigenvalue weighted by molar-refractivity contribution is 0.315. The third-order valence-corrected chi connectivity index (χ3v) is 3.57. The van der Waals surface area contributed by atoms with E-state index in [1.165, 1.54) is 18.1 Å². The molecule has 0 spiro atoms. The van der Waals surface area contributed by atoms with Gasteiger partial charge in [0.05, 0.1) is 6.04 Å². The van der Waals surface area contributed by atoms with Gasteiger partial charge in [0.15, 0.2) is 0 Å². The van der Waals surface area contributed by atoms with Crippen LogP contribution in [-0.4, -0.2) is 24.6 Å². The molecule has 2 rings (SSSR count). The van der Waals surface area contributed by atoms with Crippen LogP contribution < -0.4 is 10.6 Å². The maximum atomic E-state index is 4.35. The van der Waals surface area contributed by atoms with Crippen LogP contribution in [0.3, 0.4) is 0 Å². The third kappa shape index (κ3) is 2.32. The van der Waals surface area contributed by atoms with Gasteiger partial charge < -0.3 is 10.6 Å². The van der Waals surface area contributed by atoms with Crippen LogP contribution in [0.5, 0.6) is 0 Å². The van der Waals surface area contributed by atoms with E-state index in [9.17, 15) is 0 Å². The fourth-order valence-electron chi connectivity index (χ4n) is 1.61. The number of thiazole rings is 1. The van der Waals surface area contributed by atoms with Gasteiger partial charge in [0, 0.05) is 31.2 Å². The molecule has 1 atom stereocenters. The molecular weight excluding hydrogens is 194 g/mol. The summed E-state index contributed by atoms with van der Waals surface area (Å²) in [5.74, 6) is 0.823. The largest absolute Gasteiger partial charge is 0.316 e. The molecule has 2 N–H and O–H groups in total. The summed E-state index contributed by atoms with van der Waals surface area (Å²) in [5.41, 5.74) is 0. The zero-order valence-corrected chi connectivity index (χ0v) is 9.31. The molecule has 1 fully saturated rings. The minimum atomic E-state index is 0.454. The lowest BCUT2D eigenvalue weighted by atomic mass is 10.0. The highest BCUT2D eigenvalue weighted by atomic mass is 32.1. The topological polar surface area (TPSA) is 37.0 Å². The predicted molar refractivity (Wildman–Crippen MR) is 59.5 cm³/mol. The van der Waals surface area contributed by atoms with Crippen LogP contribution in [-0.2, 0) is 0 Å². The summed E-state index contributed by atoms with van der Waals surface area (Å²) < 4.78 is 0. The Morgan fingerprint density at radius 1 is 1.71 bits per heavy atom. The number of nitrogens with zero attached hydrogens (tertiary/aromatic N) is 1. The van der Waals surface area contributed by atoms with Crippen molar-refractivity contribution >= 4 is 11.3 Å². The van der Waals surface area contributed by atoms with Crippen LogP contribution in [0, 0.1) is 5.92 Å². The van der Waals surface area contributed by atoms with Gasteiger partial charge in [0.2, 0.25) is 0 Å². The van der Waals surface area contributed by atoms with Crippen molar-refractivity contribution in [1.82, 2.24) is 15.6 Å².